The molecule has 0 saturated heterocycles. The number of rotatable bonds is 5. The van der Waals surface area contributed by atoms with Crippen LogP contribution in [0.25, 0.3) is 0 Å². The van der Waals surface area contributed by atoms with Gasteiger partial charge in [0.25, 0.3) is 0 Å². The molecule has 2 heterocycles. The molecular formula is C11H15BrClN3S. The van der Waals surface area contributed by atoms with E-state index in [2.05, 4.69) is 38.5 Å². The normalized spacial score (nSPS) is 10.2. The number of nitrogens with zero attached hydrogens (tertiary/aromatic N) is 2. The monoisotopic (exact) mass is 335 g/mol. The van der Waals surface area contributed by atoms with Gasteiger partial charge in [-0.25, -0.2) is 0 Å². The fraction of sp³-hybridized carbons (Fsp3) is 0.364. The second-order valence-electron chi connectivity index (χ2n) is 3.65. The quantitative estimate of drug-likeness (QED) is 0.851. The molecule has 2 rings (SSSR count). The van der Waals surface area contributed by atoms with Gasteiger partial charge in [-0.05, 0) is 34.5 Å². The number of nitrogens with one attached hydrogen (secondary N) is 1. The van der Waals surface area contributed by atoms with Gasteiger partial charge in [0.15, 0.2) is 0 Å². The maximum absolute atomic E-state index is 4.13. The summed E-state index contributed by atoms with van der Waals surface area (Å²) in [5.41, 5.74) is 1.23. The highest BCUT2D eigenvalue weighted by Crippen LogP contribution is 2.21. The molecule has 2 aromatic rings. The Morgan fingerprint density at radius 3 is 2.88 bits per heavy atom. The first-order valence-corrected chi connectivity index (χ1v) is 6.77. The zero-order valence-corrected chi connectivity index (χ0v) is 12.7. The molecule has 6 heteroatoms. The molecule has 0 unspecified atom stereocenters. The lowest BCUT2D eigenvalue weighted by Crippen LogP contribution is -2.15. The van der Waals surface area contributed by atoms with E-state index in [1.54, 1.807) is 11.3 Å². The summed E-state index contributed by atoms with van der Waals surface area (Å²) in [6, 6.07) is 4.27. The van der Waals surface area contributed by atoms with Gasteiger partial charge in [-0.3, -0.25) is 4.68 Å². The van der Waals surface area contributed by atoms with Crippen molar-refractivity contribution < 1.29 is 0 Å². The van der Waals surface area contributed by atoms with E-state index >= 15 is 0 Å². The second-order valence-corrected chi connectivity index (χ2v) is 6.20. The SMILES string of the molecule is Cl.Cn1cc(CNCCc2ccc(Br)s2)cn1. The van der Waals surface area contributed by atoms with Crippen LogP contribution in [-0.4, -0.2) is 16.3 Å². The Hall–Kier alpha value is -0.360. The molecule has 0 bridgehead atoms. The van der Waals surface area contributed by atoms with Gasteiger partial charge >= 0.3 is 0 Å². The average molecular weight is 337 g/mol. The third-order valence-electron chi connectivity index (χ3n) is 2.26. The molecular weight excluding hydrogens is 322 g/mol. The van der Waals surface area contributed by atoms with Crippen LogP contribution >= 0.6 is 39.7 Å². The van der Waals surface area contributed by atoms with Crippen LogP contribution in [0, 0.1) is 0 Å². The highest BCUT2D eigenvalue weighted by Gasteiger charge is 1.98. The minimum Gasteiger partial charge on any atom is -0.312 e. The standard InChI is InChI=1S/C11H14BrN3S.ClH/c1-15-8-9(7-14-15)6-13-5-4-10-2-3-11(12)16-10;/h2-3,7-8,13H,4-6H2,1H3;1H. The van der Waals surface area contributed by atoms with Crippen molar-refractivity contribution in [2.45, 2.75) is 13.0 Å². The molecule has 0 atom stereocenters. The zero-order chi connectivity index (χ0) is 11.4. The van der Waals surface area contributed by atoms with E-state index < -0.39 is 0 Å². The first kappa shape index (κ1) is 14.7. The van der Waals surface area contributed by atoms with E-state index in [-0.39, 0.29) is 12.4 Å². The van der Waals surface area contributed by atoms with Crippen molar-refractivity contribution in [2.75, 3.05) is 6.54 Å². The highest BCUT2D eigenvalue weighted by atomic mass is 79.9. The Labute approximate surface area is 120 Å². The first-order chi connectivity index (χ1) is 7.74. The Morgan fingerprint density at radius 2 is 2.29 bits per heavy atom. The summed E-state index contributed by atoms with van der Waals surface area (Å²) in [6.07, 6.45) is 5.01. The van der Waals surface area contributed by atoms with Crippen molar-refractivity contribution in [2.24, 2.45) is 7.05 Å². The number of hydrogen-bond donors (Lipinski definition) is 1. The molecule has 0 spiro atoms. The Bertz CT molecular complexity index is 413. The lowest BCUT2D eigenvalue weighted by Gasteiger charge is -2.00. The lowest BCUT2D eigenvalue weighted by molar-refractivity contribution is 0.689. The maximum Gasteiger partial charge on any atom is 0.0701 e. The number of aromatic nitrogens is 2. The van der Waals surface area contributed by atoms with E-state index in [1.165, 1.54) is 14.2 Å². The molecule has 3 nitrogen and oxygen atoms in total. The van der Waals surface area contributed by atoms with Crippen molar-refractivity contribution in [3.63, 3.8) is 0 Å². The van der Waals surface area contributed by atoms with Crippen LogP contribution in [-0.2, 0) is 20.0 Å². The number of hydrogen-bond acceptors (Lipinski definition) is 3. The fourth-order valence-corrected chi connectivity index (χ4v) is 2.98. The molecule has 1 N–H and O–H groups in total. The molecule has 0 amide bonds. The third-order valence-corrected chi connectivity index (χ3v) is 3.95. The fourth-order valence-electron chi connectivity index (χ4n) is 1.49. The number of thiophene rings is 1. The van der Waals surface area contributed by atoms with Crippen LogP contribution in [0.5, 0.6) is 0 Å². The molecule has 17 heavy (non-hydrogen) atoms. The lowest BCUT2D eigenvalue weighted by atomic mass is 10.3. The van der Waals surface area contributed by atoms with Crippen LogP contribution in [0.1, 0.15) is 10.4 Å². The predicted octanol–water partition coefficient (Wildman–Crippen LogP) is 3.00. The molecule has 0 aromatic carbocycles. The topological polar surface area (TPSA) is 29.9 Å². The van der Waals surface area contributed by atoms with Gasteiger partial charge in [-0.2, -0.15) is 5.10 Å². The zero-order valence-electron chi connectivity index (χ0n) is 9.52. The maximum atomic E-state index is 4.13. The molecule has 0 aliphatic carbocycles. The Kier molecular flexibility index (Phi) is 6.19. The van der Waals surface area contributed by atoms with Crippen LogP contribution < -0.4 is 5.32 Å². The summed E-state index contributed by atoms with van der Waals surface area (Å²) >= 11 is 5.27. The molecule has 0 aliphatic rings. The largest absolute Gasteiger partial charge is 0.312 e. The van der Waals surface area contributed by atoms with Gasteiger partial charge < -0.3 is 5.32 Å². The molecule has 2 aromatic heterocycles. The van der Waals surface area contributed by atoms with E-state index in [0.717, 1.165) is 19.5 Å². The summed E-state index contributed by atoms with van der Waals surface area (Å²) in [7, 11) is 1.94. The smallest absolute Gasteiger partial charge is 0.0701 e. The first-order valence-electron chi connectivity index (χ1n) is 5.16. The number of halogens is 2. The van der Waals surface area contributed by atoms with Crippen molar-refractivity contribution in [3.8, 4) is 0 Å². The van der Waals surface area contributed by atoms with Crippen LogP contribution in [0.4, 0.5) is 0 Å². The molecule has 94 valence electrons. The minimum atomic E-state index is 0. The average Bonchev–Trinajstić information content (AvgIpc) is 2.83. The van der Waals surface area contributed by atoms with E-state index in [1.807, 2.05) is 24.1 Å². The van der Waals surface area contributed by atoms with Crippen LogP contribution in [0.15, 0.2) is 28.3 Å². The third kappa shape index (κ3) is 4.79. The van der Waals surface area contributed by atoms with Crippen LogP contribution in [0.3, 0.4) is 0 Å². The van der Waals surface area contributed by atoms with Crippen LogP contribution in [0.2, 0.25) is 0 Å². The van der Waals surface area contributed by atoms with E-state index in [0.29, 0.717) is 0 Å². The molecule has 0 saturated carbocycles. The summed E-state index contributed by atoms with van der Waals surface area (Å²) in [6.45, 7) is 1.89. The molecule has 0 fully saturated rings. The van der Waals surface area contributed by atoms with E-state index in [9.17, 15) is 0 Å². The second kappa shape index (κ2) is 7.16. The van der Waals surface area contributed by atoms with Crippen molar-refractivity contribution in [1.29, 1.82) is 0 Å². The summed E-state index contributed by atoms with van der Waals surface area (Å²) in [5, 5.41) is 7.54. The van der Waals surface area contributed by atoms with Crippen molar-refractivity contribution in [3.05, 3.63) is 38.8 Å². The van der Waals surface area contributed by atoms with Gasteiger partial charge in [0.2, 0.25) is 0 Å². The Morgan fingerprint density at radius 1 is 1.47 bits per heavy atom. The van der Waals surface area contributed by atoms with Crippen molar-refractivity contribution in [1.82, 2.24) is 15.1 Å². The molecule has 0 aliphatic heterocycles. The molecule has 0 radical (unpaired) electrons. The number of aryl methyl sites for hydroxylation is 1. The minimum absolute atomic E-state index is 0. The summed E-state index contributed by atoms with van der Waals surface area (Å²) < 4.78 is 3.03. The van der Waals surface area contributed by atoms with Gasteiger partial charge in [-0.1, -0.05) is 0 Å². The van der Waals surface area contributed by atoms with Gasteiger partial charge in [0.1, 0.15) is 0 Å². The summed E-state index contributed by atoms with van der Waals surface area (Å²) in [4.78, 5) is 1.41. The summed E-state index contributed by atoms with van der Waals surface area (Å²) in [5.74, 6) is 0. The highest BCUT2D eigenvalue weighted by molar-refractivity contribution is 9.11. The predicted molar refractivity (Wildman–Crippen MR) is 77.9 cm³/mol. The van der Waals surface area contributed by atoms with Gasteiger partial charge in [-0.15, -0.1) is 23.7 Å². The van der Waals surface area contributed by atoms with E-state index in [4.69, 9.17) is 0 Å². The van der Waals surface area contributed by atoms with Crippen molar-refractivity contribution >= 4 is 39.7 Å². The van der Waals surface area contributed by atoms with Gasteiger partial charge in [0.05, 0.1) is 9.98 Å². The van der Waals surface area contributed by atoms with Gasteiger partial charge in [0, 0.05) is 36.8 Å². The Balaban J connectivity index is 0.00000144.